The first-order valence-corrected chi connectivity index (χ1v) is 5.53. The first kappa shape index (κ1) is 11.3. The van der Waals surface area contributed by atoms with E-state index in [-0.39, 0.29) is 12.0 Å². The molecular weight excluding hydrogens is 204 g/mol. The van der Waals surface area contributed by atoms with Crippen molar-refractivity contribution in [2.24, 2.45) is 0 Å². The van der Waals surface area contributed by atoms with Crippen LogP contribution in [0.5, 0.6) is 11.5 Å². The molecule has 0 saturated heterocycles. The van der Waals surface area contributed by atoms with Gasteiger partial charge in [0.05, 0.1) is 20.3 Å². The molecule has 0 bridgehead atoms. The minimum atomic E-state index is -0.245. The van der Waals surface area contributed by atoms with Crippen molar-refractivity contribution in [3.8, 4) is 11.5 Å². The molecule has 16 heavy (non-hydrogen) atoms. The lowest BCUT2D eigenvalue weighted by molar-refractivity contribution is 0.218. The van der Waals surface area contributed by atoms with E-state index in [2.05, 4.69) is 6.07 Å². The number of methoxy groups -OCH3 is 1. The molecule has 0 spiro atoms. The van der Waals surface area contributed by atoms with Gasteiger partial charge in [0.15, 0.2) is 11.5 Å². The van der Waals surface area contributed by atoms with Crippen molar-refractivity contribution in [1.29, 1.82) is 0 Å². The van der Waals surface area contributed by atoms with Crippen molar-refractivity contribution in [3.05, 3.63) is 23.3 Å². The smallest absolute Gasteiger partial charge is 0.164 e. The summed E-state index contributed by atoms with van der Waals surface area (Å²) in [6, 6.07) is 4.07. The fraction of sp³-hybridized carbons (Fsp3) is 0.538. The van der Waals surface area contributed by atoms with Gasteiger partial charge in [0, 0.05) is 17.4 Å². The van der Waals surface area contributed by atoms with Gasteiger partial charge in [0.2, 0.25) is 0 Å². The molecule has 1 aromatic carbocycles. The Labute approximate surface area is 96.0 Å². The number of aliphatic hydroxyl groups is 1. The molecule has 88 valence electrons. The molecule has 3 nitrogen and oxygen atoms in total. The standard InChI is InChI=1S/C13H18O3/c1-13(2,8-14)10-6-9-4-5-16-12(9)11(7-10)15-3/h6-7,14H,4-5,8H2,1-3H3. The molecule has 0 amide bonds. The first-order valence-electron chi connectivity index (χ1n) is 5.53. The van der Waals surface area contributed by atoms with E-state index in [4.69, 9.17) is 9.47 Å². The van der Waals surface area contributed by atoms with E-state index < -0.39 is 0 Å². The molecule has 1 aromatic rings. The number of rotatable bonds is 3. The summed E-state index contributed by atoms with van der Waals surface area (Å²) in [5.41, 5.74) is 2.03. The van der Waals surface area contributed by atoms with Gasteiger partial charge in [-0.05, 0) is 11.6 Å². The summed E-state index contributed by atoms with van der Waals surface area (Å²) in [6.07, 6.45) is 0.918. The van der Waals surface area contributed by atoms with Gasteiger partial charge in [-0.3, -0.25) is 0 Å². The molecule has 0 radical (unpaired) electrons. The molecule has 0 unspecified atom stereocenters. The second kappa shape index (κ2) is 3.98. The van der Waals surface area contributed by atoms with Crippen LogP contribution in [0, 0.1) is 0 Å². The molecule has 0 fully saturated rings. The van der Waals surface area contributed by atoms with Gasteiger partial charge in [-0.1, -0.05) is 19.9 Å². The monoisotopic (exact) mass is 222 g/mol. The Morgan fingerprint density at radius 2 is 2.19 bits per heavy atom. The van der Waals surface area contributed by atoms with Crippen molar-refractivity contribution in [3.63, 3.8) is 0 Å². The van der Waals surface area contributed by atoms with Crippen LogP contribution in [0.4, 0.5) is 0 Å². The first-order chi connectivity index (χ1) is 7.58. The molecule has 0 aliphatic carbocycles. The van der Waals surface area contributed by atoms with Gasteiger partial charge in [-0.2, -0.15) is 0 Å². The maximum atomic E-state index is 9.39. The highest BCUT2D eigenvalue weighted by molar-refractivity contribution is 5.52. The van der Waals surface area contributed by atoms with Gasteiger partial charge in [0.25, 0.3) is 0 Å². The molecule has 1 heterocycles. The van der Waals surface area contributed by atoms with Crippen LogP contribution in [0.25, 0.3) is 0 Å². The Morgan fingerprint density at radius 3 is 2.81 bits per heavy atom. The Kier molecular flexibility index (Phi) is 2.80. The summed E-state index contributed by atoms with van der Waals surface area (Å²) < 4.78 is 10.9. The van der Waals surface area contributed by atoms with Crippen molar-refractivity contribution in [1.82, 2.24) is 0 Å². The maximum Gasteiger partial charge on any atom is 0.164 e. The van der Waals surface area contributed by atoms with E-state index in [1.54, 1.807) is 7.11 Å². The second-order valence-corrected chi connectivity index (χ2v) is 4.81. The number of ether oxygens (including phenoxy) is 2. The van der Waals surface area contributed by atoms with Crippen molar-refractivity contribution in [2.45, 2.75) is 25.7 Å². The summed E-state index contributed by atoms with van der Waals surface area (Å²) in [7, 11) is 1.65. The zero-order valence-corrected chi connectivity index (χ0v) is 10.0. The van der Waals surface area contributed by atoms with Crippen LogP contribution < -0.4 is 9.47 Å². The predicted octanol–water partition coefficient (Wildman–Crippen LogP) is 1.90. The van der Waals surface area contributed by atoms with Crippen molar-refractivity contribution < 1.29 is 14.6 Å². The van der Waals surface area contributed by atoms with Crippen LogP contribution in [0.2, 0.25) is 0 Å². The number of hydrogen-bond donors (Lipinski definition) is 1. The molecular formula is C13H18O3. The molecule has 1 aliphatic rings. The van der Waals surface area contributed by atoms with Gasteiger partial charge in [-0.25, -0.2) is 0 Å². The molecule has 1 N–H and O–H groups in total. The Bertz CT molecular complexity index is 396. The van der Waals surface area contributed by atoms with E-state index in [9.17, 15) is 5.11 Å². The van der Waals surface area contributed by atoms with E-state index in [1.165, 1.54) is 5.56 Å². The van der Waals surface area contributed by atoms with Crippen LogP contribution in [0.1, 0.15) is 25.0 Å². The Hall–Kier alpha value is -1.22. The normalized spacial score (nSPS) is 14.5. The quantitative estimate of drug-likeness (QED) is 0.849. The Balaban J connectivity index is 2.50. The molecule has 0 atom stereocenters. The van der Waals surface area contributed by atoms with Crippen LogP contribution >= 0.6 is 0 Å². The molecule has 0 aromatic heterocycles. The third kappa shape index (κ3) is 1.76. The molecule has 3 heteroatoms. The van der Waals surface area contributed by atoms with Gasteiger partial charge in [0.1, 0.15) is 0 Å². The maximum absolute atomic E-state index is 9.39. The van der Waals surface area contributed by atoms with E-state index >= 15 is 0 Å². The lowest BCUT2D eigenvalue weighted by Gasteiger charge is -2.23. The lowest BCUT2D eigenvalue weighted by Crippen LogP contribution is -2.22. The highest BCUT2D eigenvalue weighted by atomic mass is 16.5. The minimum Gasteiger partial charge on any atom is -0.493 e. The Morgan fingerprint density at radius 1 is 1.44 bits per heavy atom. The summed E-state index contributed by atoms with van der Waals surface area (Å²) >= 11 is 0. The number of aliphatic hydroxyl groups excluding tert-OH is 1. The second-order valence-electron chi connectivity index (χ2n) is 4.81. The summed E-state index contributed by atoms with van der Waals surface area (Å²) in [5, 5.41) is 9.39. The van der Waals surface area contributed by atoms with Gasteiger partial charge < -0.3 is 14.6 Å². The topological polar surface area (TPSA) is 38.7 Å². The van der Waals surface area contributed by atoms with E-state index in [1.807, 2.05) is 19.9 Å². The van der Waals surface area contributed by atoms with Crippen LogP contribution in [-0.4, -0.2) is 25.4 Å². The highest BCUT2D eigenvalue weighted by Gasteiger charge is 2.25. The summed E-state index contributed by atoms with van der Waals surface area (Å²) in [6.45, 7) is 4.87. The van der Waals surface area contributed by atoms with Crippen LogP contribution in [0.3, 0.4) is 0 Å². The van der Waals surface area contributed by atoms with Gasteiger partial charge in [-0.15, -0.1) is 0 Å². The predicted molar refractivity (Wildman–Crippen MR) is 62.3 cm³/mol. The summed E-state index contributed by atoms with van der Waals surface area (Å²) in [4.78, 5) is 0. The number of hydrogen-bond acceptors (Lipinski definition) is 3. The third-order valence-electron chi connectivity index (χ3n) is 3.15. The molecule has 1 aliphatic heterocycles. The van der Waals surface area contributed by atoms with Crippen LogP contribution in [-0.2, 0) is 11.8 Å². The van der Waals surface area contributed by atoms with Crippen molar-refractivity contribution >= 4 is 0 Å². The van der Waals surface area contributed by atoms with E-state index in [0.717, 1.165) is 23.5 Å². The number of fused-ring (bicyclic) bond motifs is 1. The molecule has 2 rings (SSSR count). The highest BCUT2D eigenvalue weighted by Crippen LogP contribution is 2.39. The zero-order valence-electron chi connectivity index (χ0n) is 10.0. The summed E-state index contributed by atoms with van der Waals surface area (Å²) in [5.74, 6) is 1.63. The largest absolute Gasteiger partial charge is 0.493 e. The zero-order chi connectivity index (χ0) is 11.8. The number of benzene rings is 1. The average molecular weight is 222 g/mol. The minimum absolute atomic E-state index is 0.121. The van der Waals surface area contributed by atoms with Gasteiger partial charge >= 0.3 is 0 Å². The average Bonchev–Trinajstić information content (AvgIpc) is 2.75. The van der Waals surface area contributed by atoms with Crippen molar-refractivity contribution in [2.75, 3.05) is 20.3 Å². The SMILES string of the molecule is COc1cc(C(C)(C)CO)cc2c1OCC2. The fourth-order valence-electron chi connectivity index (χ4n) is 1.91. The fourth-order valence-corrected chi connectivity index (χ4v) is 1.91. The molecule has 0 saturated carbocycles. The third-order valence-corrected chi connectivity index (χ3v) is 3.15. The van der Waals surface area contributed by atoms with E-state index in [0.29, 0.717) is 6.61 Å². The lowest BCUT2D eigenvalue weighted by atomic mass is 9.84. The van der Waals surface area contributed by atoms with Crippen LogP contribution in [0.15, 0.2) is 12.1 Å².